The van der Waals surface area contributed by atoms with Gasteiger partial charge in [0.1, 0.15) is 0 Å². The lowest BCUT2D eigenvalue weighted by molar-refractivity contribution is -0.138. The van der Waals surface area contributed by atoms with Crippen molar-refractivity contribution in [1.29, 1.82) is 0 Å². The Labute approximate surface area is 107 Å². The van der Waals surface area contributed by atoms with E-state index in [1.807, 2.05) is 31.7 Å². The van der Waals surface area contributed by atoms with Crippen LogP contribution in [0.3, 0.4) is 0 Å². The first kappa shape index (κ1) is 12.8. The van der Waals surface area contributed by atoms with E-state index in [1.54, 1.807) is 6.20 Å². The maximum absolute atomic E-state index is 12.2. The van der Waals surface area contributed by atoms with E-state index in [4.69, 9.17) is 5.73 Å². The molecule has 1 saturated heterocycles. The van der Waals surface area contributed by atoms with E-state index >= 15 is 0 Å². The topological polar surface area (TPSA) is 72.1 Å². The SMILES string of the molecule is CC(C)(C)C(=O)N1CC[C@@H](c2ccnc(N)n2)C1. The van der Waals surface area contributed by atoms with Crippen molar-refractivity contribution in [3.8, 4) is 0 Å². The first-order valence-corrected chi connectivity index (χ1v) is 6.26. The molecule has 1 aliphatic heterocycles. The van der Waals surface area contributed by atoms with Crippen LogP contribution >= 0.6 is 0 Å². The molecule has 0 unspecified atom stereocenters. The summed E-state index contributed by atoms with van der Waals surface area (Å²) < 4.78 is 0. The number of carbonyl (C=O) groups is 1. The average molecular weight is 248 g/mol. The summed E-state index contributed by atoms with van der Waals surface area (Å²) in [6.07, 6.45) is 2.62. The minimum absolute atomic E-state index is 0.201. The third kappa shape index (κ3) is 2.60. The molecule has 1 fully saturated rings. The standard InChI is InChI=1S/C13H20N4O/c1-13(2,3)11(18)17-7-5-9(8-17)10-4-6-15-12(14)16-10/h4,6,9H,5,7-8H2,1-3H3,(H2,14,15,16)/t9-/m1/s1. The maximum Gasteiger partial charge on any atom is 0.227 e. The van der Waals surface area contributed by atoms with Crippen molar-refractivity contribution in [3.63, 3.8) is 0 Å². The Kier molecular flexibility index (Phi) is 3.24. The van der Waals surface area contributed by atoms with Gasteiger partial charge in [0.15, 0.2) is 0 Å². The molecule has 1 aromatic rings. The first-order valence-electron chi connectivity index (χ1n) is 6.26. The quantitative estimate of drug-likeness (QED) is 0.816. The summed E-state index contributed by atoms with van der Waals surface area (Å²) in [6.45, 7) is 7.37. The fraction of sp³-hybridized carbons (Fsp3) is 0.615. The Balaban J connectivity index is 2.07. The minimum atomic E-state index is -0.320. The van der Waals surface area contributed by atoms with Gasteiger partial charge in [0.05, 0.1) is 5.69 Å². The number of aromatic nitrogens is 2. The number of rotatable bonds is 1. The first-order chi connectivity index (χ1) is 8.38. The molecule has 0 radical (unpaired) electrons. The second-order valence-electron chi connectivity index (χ2n) is 5.83. The van der Waals surface area contributed by atoms with E-state index in [2.05, 4.69) is 9.97 Å². The van der Waals surface area contributed by atoms with Gasteiger partial charge in [0.25, 0.3) is 0 Å². The number of likely N-dealkylation sites (tertiary alicyclic amines) is 1. The summed E-state index contributed by atoms with van der Waals surface area (Å²) in [5.41, 5.74) is 6.20. The van der Waals surface area contributed by atoms with Crippen LogP contribution in [0.4, 0.5) is 5.95 Å². The third-order valence-electron chi connectivity index (χ3n) is 3.23. The molecule has 18 heavy (non-hydrogen) atoms. The Morgan fingerprint density at radius 2 is 2.22 bits per heavy atom. The van der Waals surface area contributed by atoms with Gasteiger partial charge in [-0.25, -0.2) is 9.97 Å². The summed E-state index contributed by atoms with van der Waals surface area (Å²) in [5.74, 6) is 0.779. The van der Waals surface area contributed by atoms with Gasteiger partial charge < -0.3 is 10.6 Å². The fourth-order valence-corrected chi connectivity index (χ4v) is 2.28. The fourth-order valence-electron chi connectivity index (χ4n) is 2.28. The molecule has 98 valence electrons. The summed E-state index contributed by atoms with van der Waals surface area (Å²) in [6, 6.07) is 1.88. The number of anilines is 1. The Morgan fingerprint density at radius 3 is 2.83 bits per heavy atom. The van der Waals surface area contributed by atoms with Crippen molar-refractivity contribution >= 4 is 11.9 Å². The molecule has 0 saturated carbocycles. The Morgan fingerprint density at radius 1 is 1.50 bits per heavy atom. The molecule has 0 aromatic carbocycles. The molecule has 5 nitrogen and oxygen atoms in total. The molecular formula is C13H20N4O. The second-order valence-corrected chi connectivity index (χ2v) is 5.83. The van der Waals surface area contributed by atoms with E-state index in [1.165, 1.54) is 0 Å². The zero-order chi connectivity index (χ0) is 13.3. The highest BCUT2D eigenvalue weighted by atomic mass is 16.2. The summed E-state index contributed by atoms with van der Waals surface area (Å²) in [4.78, 5) is 22.2. The van der Waals surface area contributed by atoms with Crippen molar-refractivity contribution in [2.24, 2.45) is 5.41 Å². The molecule has 0 aliphatic carbocycles. The third-order valence-corrected chi connectivity index (χ3v) is 3.23. The van der Waals surface area contributed by atoms with Gasteiger partial charge in [0.2, 0.25) is 11.9 Å². The lowest BCUT2D eigenvalue weighted by atomic mass is 9.95. The predicted octanol–water partition coefficient (Wildman–Crippen LogP) is 1.42. The van der Waals surface area contributed by atoms with Gasteiger partial charge in [-0.1, -0.05) is 20.8 Å². The van der Waals surface area contributed by atoms with Crippen LogP contribution in [0.5, 0.6) is 0 Å². The number of nitrogens with zero attached hydrogens (tertiary/aromatic N) is 3. The van der Waals surface area contributed by atoms with E-state index in [0.29, 0.717) is 5.95 Å². The van der Waals surface area contributed by atoms with Crippen LogP contribution in [0, 0.1) is 5.41 Å². The predicted molar refractivity (Wildman–Crippen MR) is 69.8 cm³/mol. The van der Waals surface area contributed by atoms with Gasteiger partial charge in [-0.3, -0.25) is 4.79 Å². The van der Waals surface area contributed by atoms with Gasteiger partial charge in [0, 0.05) is 30.6 Å². The van der Waals surface area contributed by atoms with Crippen LogP contribution in [-0.4, -0.2) is 33.9 Å². The van der Waals surface area contributed by atoms with Gasteiger partial charge >= 0.3 is 0 Å². The van der Waals surface area contributed by atoms with Crippen LogP contribution in [-0.2, 0) is 4.79 Å². The largest absolute Gasteiger partial charge is 0.368 e. The molecule has 0 bridgehead atoms. The van der Waals surface area contributed by atoms with Crippen molar-refractivity contribution in [2.45, 2.75) is 33.1 Å². The second kappa shape index (κ2) is 4.55. The molecule has 2 heterocycles. The van der Waals surface area contributed by atoms with Gasteiger partial charge in [-0.05, 0) is 12.5 Å². The molecule has 0 spiro atoms. The Bertz CT molecular complexity index is 453. The molecule has 2 rings (SSSR count). The molecular weight excluding hydrogens is 228 g/mol. The van der Waals surface area contributed by atoms with Crippen LogP contribution in [0.15, 0.2) is 12.3 Å². The number of hydrogen-bond donors (Lipinski definition) is 1. The van der Waals surface area contributed by atoms with E-state index in [9.17, 15) is 4.79 Å². The van der Waals surface area contributed by atoms with Crippen molar-refractivity contribution in [1.82, 2.24) is 14.9 Å². The summed E-state index contributed by atoms with van der Waals surface area (Å²) >= 11 is 0. The van der Waals surface area contributed by atoms with Crippen LogP contribution in [0.1, 0.15) is 38.8 Å². The molecule has 1 amide bonds. The average Bonchev–Trinajstić information content (AvgIpc) is 2.75. The van der Waals surface area contributed by atoms with E-state index in [-0.39, 0.29) is 17.2 Å². The molecule has 5 heteroatoms. The number of hydrogen-bond acceptors (Lipinski definition) is 4. The smallest absolute Gasteiger partial charge is 0.227 e. The monoisotopic (exact) mass is 248 g/mol. The van der Waals surface area contributed by atoms with Crippen molar-refractivity contribution < 1.29 is 4.79 Å². The van der Waals surface area contributed by atoms with E-state index in [0.717, 1.165) is 25.2 Å². The van der Waals surface area contributed by atoms with Gasteiger partial charge in [-0.15, -0.1) is 0 Å². The van der Waals surface area contributed by atoms with Crippen molar-refractivity contribution in [3.05, 3.63) is 18.0 Å². The minimum Gasteiger partial charge on any atom is -0.368 e. The van der Waals surface area contributed by atoms with E-state index < -0.39 is 0 Å². The zero-order valence-corrected chi connectivity index (χ0v) is 11.2. The van der Waals surface area contributed by atoms with Crippen molar-refractivity contribution in [2.75, 3.05) is 18.8 Å². The Hall–Kier alpha value is -1.65. The lowest BCUT2D eigenvalue weighted by Gasteiger charge is -2.25. The van der Waals surface area contributed by atoms with Crippen LogP contribution in [0.2, 0.25) is 0 Å². The van der Waals surface area contributed by atoms with Crippen LogP contribution < -0.4 is 5.73 Å². The highest BCUT2D eigenvalue weighted by Gasteiger charge is 2.33. The molecule has 1 atom stereocenters. The number of amides is 1. The number of carbonyl (C=O) groups excluding carboxylic acids is 1. The highest BCUT2D eigenvalue weighted by Crippen LogP contribution is 2.29. The number of nitrogens with two attached hydrogens (primary N) is 1. The zero-order valence-electron chi connectivity index (χ0n) is 11.2. The normalized spacial score (nSPS) is 20.2. The van der Waals surface area contributed by atoms with Gasteiger partial charge in [-0.2, -0.15) is 0 Å². The summed E-state index contributed by atoms with van der Waals surface area (Å²) in [7, 11) is 0. The molecule has 1 aromatic heterocycles. The molecule has 2 N–H and O–H groups in total. The van der Waals surface area contributed by atoms with Crippen LogP contribution in [0.25, 0.3) is 0 Å². The number of nitrogen functional groups attached to an aromatic ring is 1. The maximum atomic E-state index is 12.2. The lowest BCUT2D eigenvalue weighted by Crippen LogP contribution is -2.37. The summed E-state index contributed by atoms with van der Waals surface area (Å²) in [5, 5.41) is 0. The highest BCUT2D eigenvalue weighted by molar-refractivity contribution is 5.81. The molecule has 1 aliphatic rings.